The summed E-state index contributed by atoms with van der Waals surface area (Å²) in [7, 11) is 0. The highest BCUT2D eigenvalue weighted by Crippen LogP contribution is 2.34. The Labute approximate surface area is 143 Å². The van der Waals surface area contributed by atoms with Crippen LogP contribution < -0.4 is 0 Å². The van der Waals surface area contributed by atoms with E-state index in [0.717, 1.165) is 5.56 Å². The van der Waals surface area contributed by atoms with E-state index in [4.69, 9.17) is 4.74 Å². The van der Waals surface area contributed by atoms with Crippen molar-refractivity contribution in [2.24, 2.45) is 5.92 Å². The Kier molecular flexibility index (Phi) is 5.21. The summed E-state index contributed by atoms with van der Waals surface area (Å²) in [6.07, 6.45) is -0.448. The van der Waals surface area contributed by atoms with E-state index in [1.54, 1.807) is 20.8 Å². The number of carbonyl (C=O) groups is 2. The van der Waals surface area contributed by atoms with Crippen LogP contribution in [0, 0.1) is 5.92 Å². The molecule has 0 aliphatic carbocycles. The van der Waals surface area contributed by atoms with Gasteiger partial charge < -0.3 is 14.7 Å². The fourth-order valence-electron chi connectivity index (χ4n) is 3.02. The molecule has 1 saturated heterocycles. The summed E-state index contributed by atoms with van der Waals surface area (Å²) in [6, 6.07) is 8.01. The fourth-order valence-corrected chi connectivity index (χ4v) is 3.02. The van der Waals surface area contributed by atoms with Crippen molar-refractivity contribution < 1.29 is 19.4 Å². The van der Waals surface area contributed by atoms with Gasteiger partial charge in [0.25, 0.3) is 0 Å². The molecule has 1 amide bonds. The Bertz CT molecular complexity index is 618. The van der Waals surface area contributed by atoms with E-state index >= 15 is 0 Å². The van der Waals surface area contributed by atoms with Crippen LogP contribution in [-0.4, -0.2) is 40.8 Å². The van der Waals surface area contributed by atoms with Gasteiger partial charge >= 0.3 is 12.1 Å². The number of nitrogens with zero attached hydrogens (tertiary/aromatic N) is 1. The third kappa shape index (κ3) is 4.28. The van der Waals surface area contributed by atoms with E-state index in [1.165, 1.54) is 10.5 Å². The number of hydrogen-bond donors (Lipinski definition) is 1. The molecule has 0 unspecified atom stereocenters. The van der Waals surface area contributed by atoms with Crippen molar-refractivity contribution in [2.75, 3.05) is 13.1 Å². The van der Waals surface area contributed by atoms with Crippen molar-refractivity contribution in [1.29, 1.82) is 0 Å². The van der Waals surface area contributed by atoms with E-state index in [1.807, 2.05) is 18.2 Å². The Morgan fingerprint density at radius 2 is 1.92 bits per heavy atom. The summed E-state index contributed by atoms with van der Waals surface area (Å²) in [5.41, 5.74) is 1.55. The topological polar surface area (TPSA) is 66.8 Å². The summed E-state index contributed by atoms with van der Waals surface area (Å²) in [4.78, 5) is 25.5. The molecule has 1 heterocycles. The lowest BCUT2D eigenvalue weighted by Crippen LogP contribution is -2.35. The maximum Gasteiger partial charge on any atom is 0.410 e. The third-order valence-electron chi connectivity index (χ3n) is 4.29. The molecule has 0 radical (unpaired) electrons. The number of ether oxygens (including phenoxy) is 1. The van der Waals surface area contributed by atoms with Gasteiger partial charge in [0, 0.05) is 19.0 Å². The van der Waals surface area contributed by atoms with Gasteiger partial charge in [-0.25, -0.2) is 4.79 Å². The van der Waals surface area contributed by atoms with Gasteiger partial charge in [0.1, 0.15) is 5.60 Å². The predicted octanol–water partition coefficient (Wildman–Crippen LogP) is 3.85. The maximum atomic E-state index is 12.3. The molecule has 5 heteroatoms. The number of benzene rings is 1. The molecular weight excluding hydrogens is 306 g/mol. The number of carboxylic acid groups (broad SMARTS) is 1. The van der Waals surface area contributed by atoms with E-state index in [0.29, 0.717) is 12.5 Å². The molecule has 1 N–H and O–H groups in total. The number of rotatable bonds is 3. The molecule has 1 fully saturated rings. The largest absolute Gasteiger partial charge is 0.481 e. The van der Waals surface area contributed by atoms with Gasteiger partial charge in [0.15, 0.2) is 0 Å². The average Bonchev–Trinajstić information content (AvgIpc) is 2.91. The lowest BCUT2D eigenvalue weighted by molar-refractivity contribution is -0.141. The Morgan fingerprint density at radius 1 is 1.25 bits per heavy atom. The number of amides is 1. The van der Waals surface area contributed by atoms with E-state index in [-0.39, 0.29) is 12.5 Å². The van der Waals surface area contributed by atoms with Gasteiger partial charge in [0.05, 0.1) is 5.92 Å². The van der Waals surface area contributed by atoms with Crippen LogP contribution in [-0.2, 0) is 9.53 Å². The van der Waals surface area contributed by atoms with E-state index < -0.39 is 23.6 Å². The first-order valence-electron chi connectivity index (χ1n) is 8.39. The van der Waals surface area contributed by atoms with Crippen molar-refractivity contribution in [2.45, 2.75) is 52.1 Å². The lowest BCUT2D eigenvalue weighted by Gasteiger charge is -2.24. The highest BCUT2D eigenvalue weighted by atomic mass is 16.6. The minimum atomic E-state index is -0.874. The van der Waals surface area contributed by atoms with Crippen LogP contribution in [0.15, 0.2) is 24.3 Å². The number of carboxylic acids is 1. The first kappa shape index (κ1) is 18.3. The summed E-state index contributed by atoms with van der Waals surface area (Å²) in [5.74, 6) is -1.33. The van der Waals surface area contributed by atoms with Crippen molar-refractivity contribution in [3.63, 3.8) is 0 Å². The summed E-state index contributed by atoms with van der Waals surface area (Å²) in [6.45, 7) is 10.2. The molecule has 1 aliphatic heterocycles. The maximum absolute atomic E-state index is 12.3. The molecule has 0 bridgehead atoms. The van der Waals surface area contributed by atoms with Crippen LogP contribution in [0.25, 0.3) is 0 Å². The normalized spacial score (nSPS) is 21.2. The molecule has 0 aromatic heterocycles. The molecule has 24 heavy (non-hydrogen) atoms. The van der Waals surface area contributed by atoms with Crippen LogP contribution in [0.3, 0.4) is 0 Å². The van der Waals surface area contributed by atoms with Crippen LogP contribution in [0.5, 0.6) is 0 Å². The molecule has 2 atom stereocenters. The molecule has 1 aromatic rings. The monoisotopic (exact) mass is 333 g/mol. The van der Waals surface area contributed by atoms with E-state index in [2.05, 4.69) is 19.9 Å². The number of hydrogen-bond acceptors (Lipinski definition) is 3. The summed E-state index contributed by atoms with van der Waals surface area (Å²) >= 11 is 0. The Balaban J connectivity index is 2.24. The van der Waals surface area contributed by atoms with Gasteiger partial charge in [-0.2, -0.15) is 0 Å². The predicted molar refractivity (Wildman–Crippen MR) is 92.2 cm³/mol. The minimum absolute atomic E-state index is 0.181. The SMILES string of the molecule is CC(C)c1cccc([C@H]2CN(C(=O)OC(C)(C)C)C[C@@H]2C(=O)O)c1. The standard InChI is InChI=1S/C19H27NO4/c1-12(2)13-7-6-8-14(9-13)15-10-20(11-16(15)17(21)22)18(23)24-19(3,4)5/h6-9,12,15-16H,10-11H2,1-5H3,(H,21,22)/t15-,16+/m1/s1. The first-order valence-corrected chi connectivity index (χ1v) is 8.39. The zero-order chi connectivity index (χ0) is 18.1. The quantitative estimate of drug-likeness (QED) is 0.912. The van der Waals surface area contributed by atoms with Gasteiger partial charge in [-0.3, -0.25) is 4.79 Å². The van der Waals surface area contributed by atoms with Crippen LogP contribution in [0.1, 0.15) is 57.6 Å². The average molecular weight is 333 g/mol. The fraction of sp³-hybridized carbons (Fsp3) is 0.579. The van der Waals surface area contributed by atoms with Crippen LogP contribution >= 0.6 is 0 Å². The van der Waals surface area contributed by atoms with Gasteiger partial charge in [-0.15, -0.1) is 0 Å². The summed E-state index contributed by atoms with van der Waals surface area (Å²) in [5, 5.41) is 9.58. The first-order chi connectivity index (χ1) is 11.1. The minimum Gasteiger partial charge on any atom is -0.481 e. The molecule has 1 aromatic carbocycles. The van der Waals surface area contributed by atoms with Crippen LogP contribution in [0.2, 0.25) is 0 Å². The zero-order valence-electron chi connectivity index (χ0n) is 15.1. The van der Waals surface area contributed by atoms with Gasteiger partial charge in [0.2, 0.25) is 0 Å². The smallest absolute Gasteiger partial charge is 0.410 e. The molecule has 1 aliphatic rings. The van der Waals surface area contributed by atoms with Gasteiger partial charge in [-0.1, -0.05) is 38.1 Å². The second-order valence-electron chi connectivity index (χ2n) is 7.76. The number of likely N-dealkylation sites (tertiary alicyclic amines) is 1. The van der Waals surface area contributed by atoms with Crippen molar-refractivity contribution in [3.05, 3.63) is 35.4 Å². The molecule has 132 valence electrons. The van der Waals surface area contributed by atoms with Crippen molar-refractivity contribution >= 4 is 12.1 Å². The molecule has 0 spiro atoms. The Morgan fingerprint density at radius 3 is 2.46 bits per heavy atom. The zero-order valence-corrected chi connectivity index (χ0v) is 15.1. The molecular formula is C19H27NO4. The molecule has 0 saturated carbocycles. The summed E-state index contributed by atoms with van der Waals surface area (Å²) < 4.78 is 5.39. The lowest BCUT2D eigenvalue weighted by atomic mass is 9.87. The second-order valence-corrected chi connectivity index (χ2v) is 7.76. The number of carbonyl (C=O) groups excluding carboxylic acids is 1. The second kappa shape index (κ2) is 6.83. The highest BCUT2D eigenvalue weighted by molar-refractivity contribution is 5.76. The van der Waals surface area contributed by atoms with Crippen molar-refractivity contribution in [3.8, 4) is 0 Å². The van der Waals surface area contributed by atoms with E-state index in [9.17, 15) is 14.7 Å². The molecule has 2 rings (SSSR count). The highest BCUT2D eigenvalue weighted by Gasteiger charge is 2.41. The van der Waals surface area contributed by atoms with Gasteiger partial charge in [-0.05, 0) is 37.8 Å². The molecule has 5 nitrogen and oxygen atoms in total. The van der Waals surface area contributed by atoms with Crippen LogP contribution in [0.4, 0.5) is 4.79 Å². The third-order valence-corrected chi connectivity index (χ3v) is 4.29. The number of aliphatic carboxylic acids is 1. The van der Waals surface area contributed by atoms with Crippen molar-refractivity contribution in [1.82, 2.24) is 4.90 Å². The Hall–Kier alpha value is -2.04.